The lowest BCUT2D eigenvalue weighted by Gasteiger charge is -2.43. The maximum Gasteiger partial charge on any atom is 0.227 e. The molecule has 1 fully saturated rings. The molecule has 0 radical (unpaired) electrons. The van der Waals surface area contributed by atoms with E-state index >= 15 is 0 Å². The molecule has 1 atom stereocenters. The van der Waals surface area contributed by atoms with Crippen molar-refractivity contribution in [1.82, 2.24) is 9.97 Å². The summed E-state index contributed by atoms with van der Waals surface area (Å²) in [6.45, 7) is 2.01. The molecule has 182 valence electrons. The second kappa shape index (κ2) is 9.18. The molecular formula is C25H26FN5O3S. The number of aryl methyl sites for hydroxylation is 1. The van der Waals surface area contributed by atoms with Crippen molar-refractivity contribution in [3.05, 3.63) is 65.6 Å². The van der Waals surface area contributed by atoms with E-state index in [1.165, 1.54) is 12.1 Å². The highest BCUT2D eigenvalue weighted by Gasteiger charge is 2.40. The Morgan fingerprint density at radius 2 is 1.97 bits per heavy atom. The molecule has 0 bridgehead atoms. The molecule has 1 saturated heterocycles. The SMILES string of the molecule is O=S1CCc2nc(N3CCC4(CC3)OCOCNc3ccccc34)nc(Nc3cccc(F)c3)c21. The van der Waals surface area contributed by atoms with Crippen molar-refractivity contribution >= 4 is 33.9 Å². The van der Waals surface area contributed by atoms with Gasteiger partial charge >= 0.3 is 0 Å². The Morgan fingerprint density at radius 3 is 2.83 bits per heavy atom. The Kier molecular flexibility index (Phi) is 5.87. The molecular weight excluding hydrogens is 469 g/mol. The van der Waals surface area contributed by atoms with Crippen LogP contribution >= 0.6 is 0 Å². The van der Waals surface area contributed by atoms with Gasteiger partial charge in [0.1, 0.15) is 29.8 Å². The normalized spacial score (nSPS) is 20.9. The van der Waals surface area contributed by atoms with Crippen molar-refractivity contribution in [2.75, 3.05) is 47.9 Å². The molecule has 3 aromatic rings. The van der Waals surface area contributed by atoms with E-state index in [-0.39, 0.29) is 12.6 Å². The van der Waals surface area contributed by atoms with Crippen LogP contribution in [0.1, 0.15) is 24.1 Å². The van der Waals surface area contributed by atoms with Gasteiger partial charge in [-0.2, -0.15) is 4.98 Å². The monoisotopic (exact) mass is 495 g/mol. The van der Waals surface area contributed by atoms with Crippen LogP contribution in [-0.4, -0.2) is 46.5 Å². The van der Waals surface area contributed by atoms with E-state index in [9.17, 15) is 8.60 Å². The molecule has 0 saturated carbocycles. The molecule has 1 aromatic heterocycles. The Hall–Kier alpha value is -3.08. The van der Waals surface area contributed by atoms with Gasteiger partial charge in [0, 0.05) is 42.2 Å². The van der Waals surface area contributed by atoms with Gasteiger partial charge in [0.05, 0.1) is 16.5 Å². The van der Waals surface area contributed by atoms with Crippen LogP contribution in [0, 0.1) is 5.82 Å². The van der Waals surface area contributed by atoms with Gasteiger partial charge in [-0.15, -0.1) is 0 Å². The first kappa shape index (κ1) is 22.4. The van der Waals surface area contributed by atoms with Crippen LogP contribution in [0.15, 0.2) is 53.4 Å². The number of anilines is 4. The number of halogens is 1. The molecule has 1 spiro atoms. The lowest BCUT2D eigenvalue weighted by Crippen LogP contribution is -2.46. The minimum Gasteiger partial charge on any atom is -0.362 e. The summed E-state index contributed by atoms with van der Waals surface area (Å²) in [7, 11) is -1.18. The largest absolute Gasteiger partial charge is 0.362 e. The maximum atomic E-state index is 13.8. The molecule has 4 heterocycles. The highest BCUT2D eigenvalue weighted by atomic mass is 32.2. The predicted molar refractivity (Wildman–Crippen MR) is 132 cm³/mol. The Labute approximate surface area is 205 Å². The van der Waals surface area contributed by atoms with Crippen LogP contribution in [0.25, 0.3) is 0 Å². The fourth-order valence-corrected chi connectivity index (χ4v) is 6.34. The zero-order chi connectivity index (χ0) is 23.8. The van der Waals surface area contributed by atoms with E-state index in [1.54, 1.807) is 12.1 Å². The molecule has 0 aliphatic carbocycles. The standard InChI is InChI=1S/C25H26FN5O3S/c26-17-4-3-5-18(14-17)28-23-22-21(8-13-35(22)32)29-24(30-23)31-11-9-25(10-12-31)19-6-1-2-7-20(19)27-15-33-16-34-25/h1-7,14,27H,8-13,15-16H2,(H,28,29,30). The van der Waals surface area contributed by atoms with E-state index in [0.29, 0.717) is 54.3 Å². The van der Waals surface area contributed by atoms with Crippen molar-refractivity contribution < 1.29 is 18.1 Å². The second-order valence-corrected chi connectivity index (χ2v) is 10.4. The lowest BCUT2D eigenvalue weighted by molar-refractivity contribution is -0.156. The minimum atomic E-state index is -1.18. The van der Waals surface area contributed by atoms with Crippen LogP contribution in [0.2, 0.25) is 0 Å². The van der Waals surface area contributed by atoms with Gasteiger partial charge in [0.15, 0.2) is 5.82 Å². The molecule has 2 aromatic carbocycles. The van der Waals surface area contributed by atoms with E-state index in [4.69, 9.17) is 19.4 Å². The van der Waals surface area contributed by atoms with Crippen molar-refractivity contribution in [2.24, 2.45) is 0 Å². The number of hydrogen-bond donors (Lipinski definition) is 2. The molecule has 3 aliphatic rings. The number of para-hydroxylation sites is 1. The Morgan fingerprint density at radius 1 is 1.11 bits per heavy atom. The van der Waals surface area contributed by atoms with Crippen molar-refractivity contribution in [2.45, 2.75) is 29.8 Å². The number of aromatic nitrogens is 2. The number of fused-ring (bicyclic) bond motifs is 3. The van der Waals surface area contributed by atoms with Crippen LogP contribution in [0.5, 0.6) is 0 Å². The summed E-state index contributed by atoms with van der Waals surface area (Å²) in [5.41, 5.74) is 3.06. The molecule has 6 rings (SSSR count). The van der Waals surface area contributed by atoms with Gasteiger partial charge in [-0.3, -0.25) is 4.21 Å². The summed E-state index contributed by atoms with van der Waals surface area (Å²) in [6, 6.07) is 14.4. The van der Waals surface area contributed by atoms with Crippen molar-refractivity contribution in [3.63, 3.8) is 0 Å². The smallest absolute Gasteiger partial charge is 0.227 e. The van der Waals surface area contributed by atoms with Crippen LogP contribution in [0.3, 0.4) is 0 Å². The third kappa shape index (κ3) is 4.26. The summed E-state index contributed by atoms with van der Waals surface area (Å²) < 4.78 is 38.3. The fraction of sp³-hybridized carbons (Fsp3) is 0.360. The maximum absolute atomic E-state index is 13.8. The molecule has 8 nitrogen and oxygen atoms in total. The summed E-state index contributed by atoms with van der Waals surface area (Å²) in [5.74, 6) is 1.24. The summed E-state index contributed by atoms with van der Waals surface area (Å²) in [6.07, 6.45) is 2.12. The third-order valence-electron chi connectivity index (χ3n) is 6.82. The minimum absolute atomic E-state index is 0.226. The van der Waals surface area contributed by atoms with Crippen molar-refractivity contribution in [3.8, 4) is 0 Å². The van der Waals surface area contributed by atoms with E-state index in [1.807, 2.05) is 12.1 Å². The first-order valence-corrected chi connectivity index (χ1v) is 13.1. The molecule has 2 N–H and O–H groups in total. The number of piperidine rings is 1. The van der Waals surface area contributed by atoms with Crippen molar-refractivity contribution in [1.29, 1.82) is 0 Å². The van der Waals surface area contributed by atoms with E-state index in [0.717, 1.165) is 29.8 Å². The zero-order valence-corrected chi connectivity index (χ0v) is 19.9. The zero-order valence-electron chi connectivity index (χ0n) is 19.1. The van der Waals surface area contributed by atoms with Gasteiger partial charge in [0.2, 0.25) is 5.95 Å². The second-order valence-electron chi connectivity index (χ2n) is 8.90. The van der Waals surface area contributed by atoms with Crippen LogP contribution < -0.4 is 15.5 Å². The topological polar surface area (TPSA) is 88.6 Å². The van der Waals surface area contributed by atoms with Gasteiger partial charge in [-0.25, -0.2) is 9.37 Å². The lowest BCUT2D eigenvalue weighted by atomic mass is 9.83. The van der Waals surface area contributed by atoms with Gasteiger partial charge in [-0.05, 0) is 37.1 Å². The highest BCUT2D eigenvalue weighted by Crippen LogP contribution is 2.42. The Balaban J connectivity index is 1.29. The highest BCUT2D eigenvalue weighted by molar-refractivity contribution is 7.85. The fourth-order valence-electron chi connectivity index (χ4n) is 5.03. The summed E-state index contributed by atoms with van der Waals surface area (Å²) in [5, 5.41) is 6.52. The predicted octanol–water partition coefficient (Wildman–Crippen LogP) is 3.89. The average molecular weight is 496 g/mol. The number of hydrogen-bond acceptors (Lipinski definition) is 8. The number of nitrogens with zero attached hydrogens (tertiary/aromatic N) is 3. The first-order valence-electron chi connectivity index (χ1n) is 11.7. The average Bonchev–Trinajstić information content (AvgIpc) is 3.24. The summed E-state index contributed by atoms with van der Waals surface area (Å²) >= 11 is 0. The first-order chi connectivity index (χ1) is 17.1. The number of rotatable bonds is 3. The van der Waals surface area contributed by atoms with Gasteiger partial charge in [-0.1, -0.05) is 24.3 Å². The molecule has 10 heteroatoms. The van der Waals surface area contributed by atoms with Gasteiger partial charge in [0.25, 0.3) is 0 Å². The quantitative estimate of drug-likeness (QED) is 0.566. The molecule has 1 unspecified atom stereocenters. The van der Waals surface area contributed by atoms with Crippen LogP contribution in [0.4, 0.5) is 27.5 Å². The molecule has 35 heavy (non-hydrogen) atoms. The van der Waals surface area contributed by atoms with E-state index < -0.39 is 16.4 Å². The van der Waals surface area contributed by atoms with Crippen LogP contribution in [-0.2, 0) is 32.3 Å². The van der Waals surface area contributed by atoms with E-state index in [2.05, 4.69) is 27.7 Å². The third-order valence-corrected chi connectivity index (χ3v) is 8.28. The molecule has 3 aliphatic heterocycles. The Bertz CT molecular complexity index is 1280. The van der Waals surface area contributed by atoms with Gasteiger partial charge < -0.3 is 25.0 Å². The number of ether oxygens (including phenoxy) is 2. The molecule has 0 amide bonds. The number of nitrogens with one attached hydrogen (secondary N) is 2. The summed E-state index contributed by atoms with van der Waals surface area (Å²) in [4.78, 5) is 12.3. The number of benzene rings is 2.